The molecule has 0 aromatic carbocycles. The topological polar surface area (TPSA) is 80.3 Å². The van der Waals surface area contributed by atoms with Crippen molar-refractivity contribution >= 4 is 11.8 Å². The van der Waals surface area contributed by atoms with Gasteiger partial charge in [0, 0.05) is 25.4 Å². The molecule has 0 radical (unpaired) electrons. The zero-order valence-corrected chi connectivity index (χ0v) is 10.1. The first-order chi connectivity index (χ1) is 8.66. The van der Waals surface area contributed by atoms with Crippen molar-refractivity contribution < 1.29 is 14.4 Å². The highest BCUT2D eigenvalue weighted by molar-refractivity contribution is 5.88. The molecule has 1 aliphatic heterocycles. The van der Waals surface area contributed by atoms with Crippen LogP contribution in [0, 0.1) is 5.92 Å². The van der Waals surface area contributed by atoms with E-state index >= 15 is 0 Å². The van der Waals surface area contributed by atoms with Crippen molar-refractivity contribution in [2.24, 2.45) is 5.92 Å². The Morgan fingerprint density at radius 2 is 2.28 bits per heavy atom. The van der Waals surface area contributed by atoms with Crippen molar-refractivity contribution in [1.82, 2.24) is 15.8 Å². The van der Waals surface area contributed by atoms with Crippen LogP contribution in [0.15, 0.2) is 24.5 Å². The number of rotatable bonds is 4. The second-order valence-electron chi connectivity index (χ2n) is 4.21. The van der Waals surface area contributed by atoms with Gasteiger partial charge in [-0.15, -0.1) is 0 Å². The third kappa shape index (κ3) is 3.04. The quantitative estimate of drug-likeness (QED) is 0.753. The van der Waals surface area contributed by atoms with Gasteiger partial charge in [0.05, 0.1) is 5.92 Å². The molecule has 2 N–H and O–H groups in total. The predicted molar refractivity (Wildman–Crippen MR) is 63.0 cm³/mol. The van der Waals surface area contributed by atoms with Crippen molar-refractivity contribution in [1.29, 1.82) is 0 Å². The summed E-state index contributed by atoms with van der Waals surface area (Å²) >= 11 is 0. The lowest BCUT2D eigenvalue weighted by Gasteiger charge is -2.14. The number of carbonyl (C=O) groups excluding carboxylic acids is 2. The number of pyridine rings is 1. The standard InChI is InChI=1S/C12H15N3O3/c1-8(9-2-4-13-5-3-9)18-15-12(17)10-6-11(16)14-7-10/h2-5,8,10H,6-7H2,1H3,(H,14,16)(H,15,17)/t8-,10?/m0/s1. The molecule has 1 aromatic heterocycles. The summed E-state index contributed by atoms with van der Waals surface area (Å²) in [6, 6.07) is 3.63. The Balaban J connectivity index is 1.81. The van der Waals surface area contributed by atoms with E-state index in [2.05, 4.69) is 15.8 Å². The van der Waals surface area contributed by atoms with E-state index in [1.165, 1.54) is 0 Å². The van der Waals surface area contributed by atoms with Crippen LogP contribution in [0.3, 0.4) is 0 Å². The zero-order valence-electron chi connectivity index (χ0n) is 10.1. The molecule has 0 aliphatic carbocycles. The minimum Gasteiger partial charge on any atom is -0.355 e. The number of hydroxylamine groups is 1. The average molecular weight is 249 g/mol. The van der Waals surface area contributed by atoms with Crippen molar-refractivity contribution in [3.8, 4) is 0 Å². The van der Waals surface area contributed by atoms with E-state index < -0.39 is 0 Å². The van der Waals surface area contributed by atoms with Crippen LogP contribution in [-0.2, 0) is 14.4 Å². The fraction of sp³-hybridized carbons (Fsp3) is 0.417. The van der Waals surface area contributed by atoms with Crippen molar-refractivity contribution in [2.45, 2.75) is 19.4 Å². The molecule has 6 nitrogen and oxygen atoms in total. The molecular formula is C12H15N3O3. The summed E-state index contributed by atoms with van der Waals surface area (Å²) in [7, 11) is 0. The van der Waals surface area contributed by atoms with E-state index in [1.807, 2.05) is 19.1 Å². The molecule has 2 rings (SSSR count). The molecule has 1 saturated heterocycles. The van der Waals surface area contributed by atoms with E-state index in [9.17, 15) is 9.59 Å². The Kier molecular flexibility index (Phi) is 3.88. The number of nitrogens with one attached hydrogen (secondary N) is 2. The second kappa shape index (κ2) is 5.59. The smallest absolute Gasteiger partial charge is 0.248 e. The normalized spacial score (nSPS) is 20.3. The van der Waals surface area contributed by atoms with Gasteiger partial charge < -0.3 is 5.32 Å². The summed E-state index contributed by atoms with van der Waals surface area (Å²) in [5.74, 6) is -0.714. The van der Waals surface area contributed by atoms with E-state index in [4.69, 9.17) is 4.84 Å². The maximum absolute atomic E-state index is 11.7. The highest BCUT2D eigenvalue weighted by Crippen LogP contribution is 2.14. The molecule has 0 saturated carbocycles. The van der Waals surface area contributed by atoms with Gasteiger partial charge in [-0.1, -0.05) is 0 Å². The van der Waals surface area contributed by atoms with E-state index in [0.29, 0.717) is 6.54 Å². The van der Waals surface area contributed by atoms with Crippen LogP contribution in [0.1, 0.15) is 25.0 Å². The SMILES string of the molecule is C[C@H](ONC(=O)C1CNC(=O)C1)c1ccncc1. The average Bonchev–Trinajstić information content (AvgIpc) is 2.83. The number of amides is 2. The monoisotopic (exact) mass is 249 g/mol. The summed E-state index contributed by atoms with van der Waals surface area (Å²) in [4.78, 5) is 31.8. The van der Waals surface area contributed by atoms with Crippen LogP contribution in [0.2, 0.25) is 0 Å². The molecule has 96 valence electrons. The molecule has 1 aromatic rings. The summed E-state index contributed by atoms with van der Waals surface area (Å²) in [6.45, 7) is 2.20. The molecule has 18 heavy (non-hydrogen) atoms. The van der Waals surface area contributed by atoms with Gasteiger partial charge in [0.15, 0.2) is 0 Å². The van der Waals surface area contributed by atoms with Gasteiger partial charge >= 0.3 is 0 Å². The molecule has 2 heterocycles. The molecule has 1 fully saturated rings. The Morgan fingerprint density at radius 3 is 2.89 bits per heavy atom. The largest absolute Gasteiger partial charge is 0.355 e. The van der Waals surface area contributed by atoms with Crippen LogP contribution >= 0.6 is 0 Å². The zero-order chi connectivity index (χ0) is 13.0. The number of hydrogen-bond donors (Lipinski definition) is 2. The molecular weight excluding hydrogens is 234 g/mol. The first-order valence-corrected chi connectivity index (χ1v) is 5.79. The minimum absolute atomic E-state index is 0.0997. The van der Waals surface area contributed by atoms with Gasteiger partial charge in [-0.25, -0.2) is 5.48 Å². The third-order valence-electron chi connectivity index (χ3n) is 2.86. The summed E-state index contributed by atoms with van der Waals surface area (Å²) in [5, 5.41) is 2.61. The van der Waals surface area contributed by atoms with Gasteiger partial charge in [0.25, 0.3) is 0 Å². The predicted octanol–water partition coefficient (Wildman–Crippen LogP) is 0.326. The van der Waals surface area contributed by atoms with Crippen molar-refractivity contribution in [2.75, 3.05) is 6.54 Å². The van der Waals surface area contributed by atoms with Gasteiger partial charge in [0.1, 0.15) is 6.10 Å². The van der Waals surface area contributed by atoms with Crippen LogP contribution in [0.25, 0.3) is 0 Å². The maximum Gasteiger partial charge on any atom is 0.248 e. The van der Waals surface area contributed by atoms with Crippen LogP contribution in [-0.4, -0.2) is 23.3 Å². The summed E-state index contributed by atoms with van der Waals surface area (Å²) in [6.07, 6.45) is 3.29. The lowest BCUT2D eigenvalue weighted by Crippen LogP contribution is -2.32. The van der Waals surface area contributed by atoms with Gasteiger partial charge in [-0.05, 0) is 24.6 Å². The molecule has 1 unspecified atom stereocenters. The second-order valence-corrected chi connectivity index (χ2v) is 4.21. The highest BCUT2D eigenvalue weighted by Gasteiger charge is 2.28. The van der Waals surface area contributed by atoms with E-state index in [-0.39, 0.29) is 30.3 Å². The Hall–Kier alpha value is -1.95. The Bertz CT molecular complexity index is 435. The first-order valence-electron chi connectivity index (χ1n) is 5.79. The minimum atomic E-state index is -0.345. The number of carbonyl (C=O) groups is 2. The van der Waals surface area contributed by atoms with Crippen LogP contribution in [0.4, 0.5) is 0 Å². The lowest BCUT2D eigenvalue weighted by atomic mass is 10.1. The highest BCUT2D eigenvalue weighted by atomic mass is 16.7. The number of aromatic nitrogens is 1. The molecule has 0 spiro atoms. The summed E-state index contributed by atoms with van der Waals surface area (Å²) in [5.41, 5.74) is 3.31. The lowest BCUT2D eigenvalue weighted by molar-refractivity contribution is -0.142. The summed E-state index contributed by atoms with van der Waals surface area (Å²) < 4.78 is 0. The van der Waals surface area contributed by atoms with Crippen LogP contribution < -0.4 is 10.8 Å². The third-order valence-corrected chi connectivity index (χ3v) is 2.86. The Labute approximate surface area is 105 Å². The van der Waals surface area contributed by atoms with Crippen molar-refractivity contribution in [3.63, 3.8) is 0 Å². The molecule has 0 bridgehead atoms. The van der Waals surface area contributed by atoms with Gasteiger partial charge in [0.2, 0.25) is 11.8 Å². The fourth-order valence-electron chi connectivity index (χ4n) is 1.72. The van der Waals surface area contributed by atoms with Gasteiger partial charge in [-0.3, -0.25) is 19.4 Å². The van der Waals surface area contributed by atoms with E-state index in [1.54, 1.807) is 12.4 Å². The maximum atomic E-state index is 11.7. The molecule has 6 heteroatoms. The fourth-order valence-corrected chi connectivity index (χ4v) is 1.72. The first kappa shape index (κ1) is 12.5. The molecule has 2 amide bonds. The Morgan fingerprint density at radius 1 is 1.56 bits per heavy atom. The molecule has 2 atom stereocenters. The number of nitrogens with zero attached hydrogens (tertiary/aromatic N) is 1. The molecule has 1 aliphatic rings. The number of hydrogen-bond acceptors (Lipinski definition) is 4. The van der Waals surface area contributed by atoms with Gasteiger partial charge in [-0.2, -0.15) is 0 Å². The van der Waals surface area contributed by atoms with E-state index in [0.717, 1.165) is 5.56 Å². The van der Waals surface area contributed by atoms with Crippen LogP contribution in [0.5, 0.6) is 0 Å². The van der Waals surface area contributed by atoms with Crippen molar-refractivity contribution in [3.05, 3.63) is 30.1 Å².